The SMILES string of the molecule is Fc1ccc(OC(CCN2CCN(Cc3ccccc3)CC2)c2ccccc2Cl)c(F)c1. The average Bonchev–Trinajstić information content (AvgIpc) is 2.80. The molecule has 6 heteroatoms. The lowest BCUT2D eigenvalue weighted by Crippen LogP contribution is -2.46. The van der Waals surface area contributed by atoms with Crippen molar-refractivity contribution in [3.8, 4) is 5.75 Å². The smallest absolute Gasteiger partial charge is 0.168 e. The highest BCUT2D eigenvalue weighted by Crippen LogP contribution is 2.31. The van der Waals surface area contributed by atoms with Gasteiger partial charge in [0.2, 0.25) is 0 Å². The van der Waals surface area contributed by atoms with Gasteiger partial charge in [0, 0.05) is 62.3 Å². The summed E-state index contributed by atoms with van der Waals surface area (Å²) in [5, 5.41) is 0.577. The summed E-state index contributed by atoms with van der Waals surface area (Å²) < 4.78 is 33.5. The lowest BCUT2D eigenvalue weighted by atomic mass is 10.1. The fourth-order valence-electron chi connectivity index (χ4n) is 4.05. The van der Waals surface area contributed by atoms with Gasteiger partial charge in [-0.05, 0) is 23.8 Å². The van der Waals surface area contributed by atoms with E-state index in [9.17, 15) is 8.78 Å². The van der Waals surface area contributed by atoms with Crippen LogP contribution in [-0.4, -0.2) is 42.5 Å². The van der Waals surface area contributed by atoms with Crippen LogP contribution in [0.4, 0.5) is 8.78 Å². The molecular formula is C26H27ClF2N2O. The van der Waals surface area contributed by atoms with E-state index in [4.69, 9.17) is 16.3 Å². The highest BCUT2D eigenvalue weighted by Gasteiger charge is 2.22. The maximum Gasteiger partial charge on any atom is 0.168 e. The Morgan fingerprint density at radius 3 is 2.25 bits per heavy atom. The van der Waals surface area contributed by atoms with Crippen LogP contribution < -0.4 is 4.74 Å². The predicted molar refractivity (Wildman–Crippen MR) is 124 cm³/mol. The summed E-state index contributed by atoms with van der Waals surface area (Å²) in [5.41, 5.74) is 2.13. The van der Waals surface area contributed by atoms with E-state index in [-0.39, 0.29) is 5.75 Å². The maximum absolute atomic E-state index is 14.2. The average molecular weight is 457 g/mol. The summed E-state index contributed by atoms with van der Waals surface area (Å²) in [6.45, 7) is 5.69. The van der Waals surface area contributed by atoms with E-state index >= 15 is 0 Å². The van der Waals surface area contributed by atoms with Crippen LogP contribution in [0, 0.1) is 11.6 Å². The third-order valence-electron chi connectivity index (χ3n) is 5.84. The van der Waals surface area contributed by atoms with E-state index in [1.54, 1.807) is 6.07 Å². The molecule has 32 heavy (non-hydrogen) atoms. The molecule has 0 aromatic heterocycles. The number of halogens is 3. The quantitative estimate of drug-likeness (QED) is 0.417. The van der Waals surface area contributed by atoms with Gasteiger partial charge in [-0.3, -0.25) is 4.90 Å². The molecule has 3 nitrogen and oxygen atoms in total. The molecule has 1 atom stereocenters. The third kappa shape index (κ3) is 6.06. The minimum Gasteiger partial charge on any atom is -0.483 e. The third-order valence-corrected chi connectivity index (χ3v) is 6.18. The first kappa shape index (κ1) is 22.7. The second-order valence-electron chi connectivity index (χ2n) is 8.09. The molecule has 168 valence electrons. The van der Waals surface area contributed by atoms with Gasteiger partial charge in [-0.25, -0.2) is 8.78 Å². The fourth-order valence-corrected chi connectivity index (χ4v) is 4.31. The Morgan fingerprint density at radius 2 is 1.53 bits per heavy atom. The molecule has 0 aliphatic carbocycles. The second kappa shape index (κ2) is 10.9. The maximum atomic E-state index is 14.2. The molecule has 0 spiro atoms. The van der Waals surface area contributed by atoms with Crippen molar-refractivity contribution in [2.45, 2.75) is 19.1 Å². The highest BCUT2D eigenvalue weighted by molar-refractivity contribution is 6.31. The van der Waals surface area contributed by atoms with Crippen molar-refractivity contribution in [2.24, 2.45) is 0 Å². The number of ether oxygens (including phenoxy) is 1. The molecule has 3 aromatic rings. The first-order valence-electron chi connectivity index (χ1n) is 10.9. The Morgan fingerprint density at radius 1 is 0.844 bits per heavy atom. The fraction of sp³-hybridized carbons (Fsp3) is 0.308. The summed E-state index contributed by atoms with van der Waals surface area (Å²) in [6.07, 6.45) is 0.227. The molecule has 4 rings (SSSR count). The van der Waals surface area contributed by atoms with Crippen LogP contribution in [-0.2, 0) is 6.54 Å². The minimum atomic E-state index is -0.712. The second-order valence-corrected chi connectivity index (χ2v) is 8.50. The summed E-state index contributed by atoms with van der Waals surface area (Å²) in [7, 11) is 0. The van der Waals surface area contributed by atoms with E-state index in [0.717, 1.165) is 50.9 Å². The van der Waals surface area contributed by atoms with Crippen molar-refractivity contribution in [2.75, 3.05) is 32.7 Å². The normalized spacial score (nSPS) is 16.1. The van der Waals surface area contributed by atoms with E-state index < -0.39 is 17.7 Å². The van der Waals surface area contributed by atoms with E-state index in [1.165, 1.54) is 17.7 Å². The van der Waals surface area contributed by atoms with Crippen LogP contribution in [0.3, 0.4) is 0 Å². The zero-order valence-electron chi connectivity index (χ0n) is 17.9. The lowest BCUT2D eigenvalue weighted by Gasteiger charge is -2.35. The van der Waals surface area contributed by atoms with Crippen LogP contribution in [0.1, 0.15) is 23.7 Å². The molecule has 0 radical (unpaired) electrons. The van der Waals surface area contributed by atoms with E-state index in [1.807, 2.05) is 24.3 Å². The largest absolute Gasteiger partial charge is 0.483 e. The van der Waals surface area contributed by atoms with Crippen molar-refractivity contribution < 1.29 is 13.5 Å². The molecule has 1 aliphatic heterocycles. The van der Waals surface area contributed by atoms with Crippen molar-refractivity contribution in [1.29, 1.82) is 0 Å². The van der Waals surface area contributed by atoms with Crippen molar-refractivity contribution in [3.63, 3.8) is 0 Å². The number of benzene rings is 3. The molecule has 0 bridgehead atoms. The summed E-state index contributed by atoms with van der Waals surface area (Å²) >= 11 is 6.41. The van der Waals surface area contributed by atoms with E-state index in [2.05, 4.69) is 34.1 Å². The number of hydrogen-bond acceptors (Lipinski definition) is 3. The first-order chi connectivity index (χ1) is 15.6. The number of rotatable bonds is 8. The molecule has 1 saturated heterocycles. The Hall–Kier alpha value is -2.47. The van der Waals surface area contributed by atoms with Gasteiger partial charge < -0.3 is 9.64 Å². The van der Waals surface area contributed by atoms with Crippen molar-refractivity contribution in [3.05, 3.63) is 101 Å². The molecule has 3 aromatic carbocycles. The monoisotopic (exact) mass is 456 g/mol. The van der Waals surface area contributed by atoms with Crippen LogP contribution in [0.15, 0.2) is 72.8 Å². The molecular weight excluding hydrogens is 430 g/mol. The van der Waals surface area contributed by atoms with Crippen LogP contribution in [0.5, 0.6) is 5.75 Å². The molecule has 1 unspecified atom stereocenters. The van der Waals surface area contributed by atoms with Gasteiger partial charge in [0.25, 0.3) is 0 Å². The summed E-state index contributed by atoms with van der Waals surface area (Å²) in [5.74, 6) is -1.31. The lowest BCUT2D eigenvalue weighted by molar-refractivity contribution is 0.105. The van der Waals surface area contributed by atoms with Gasteiger partial charge in [0.05, 0.1) is 0 Å². The van der Waals surface area contributed by atoms with Gasteiger partial charge in [-0.1, -0.05) is 60.1 Å². The standard InChI is InChI=1S/C26H27ClF2N2O/c27-23-9-5-4-8-22(23)25(32-26-11-10-21(28)18-24(26)29)12-13-30-14-16-31(17-15-30)19-20-6-2-1-3-7-20/h1-11,18,25H,12-17,19H2. The number of nitrogens with zero attached hydrogens (tertiary/aromatic N) is 2. The summed E-state index contributed by atoms with van der Waals surface area (Å²) in [6, 6.07) is 21.3. The highest BCUT2D eigenvalue weighted by atomic mass is 35.5. The predicted octanol–water partition coefficient (Wildman–Crippen LogP) is 5.95. The molecule has 0 N–H and O–H groups in total. The summed E-state index contributed by atoms with van der Waals surface area (Å²) in [4.78, 5) is 4.86. The Bertz CT molecular complexity index is 1010. The molecule has 1 heterocycles. The van der Waals surface area contributed by atoms with Crippen LogP contribution >= 0.6 is 11.6 Å². The van der Waals surface area contributed by atoms with Gasteiger partial charge in [0.15, 0.2) is 11.6 Å². The topological polar surface area (TPSA) is 15.7 Å². The Balaban J connectivity index is 1.37. The van der Waals surface area contributed by atoms with Crippen molar-refractivity contribution in [1.82, 2.24) is 9.80 Å². The molecule has 0 saturated carbocycles. The zero-order chi connectivity index (χ0) is 22.3. The Labute approximate surface area is 193 Å². The minimum absolute atomic E-state index is 0.0315. The Kier molecular flexibility index (Phi) is 7.74. The van der Waals surface area contributed by atoms with Crippen LogP contribution in [0.2, 0.25) is 5.02 Å². The van der Waals surface area contributed by atoms with Gasteiger partial charge >= 0.3 is 0 Å². The molecule has 0 amide bonds. The number of hydrogen-bond donors (Lipinski definition) is 0. The van der Waals surface area contributed by atoms with Crippen molar-refractivity contribution >= 4 is 11.6 Å². The van der Waals surface area contributed by atoms with Gasteiger partial charge in [-0.15, -0.1) is 0 Å². The van der Waals surface area contributed by atoms with E-state index in [0.29, 0.717) is 11.4 Å². The molecule has 1 aliphatic rings. The van der Waals surface area contributed by atoms with Gasteiger partial charge in [0.1, 0.15) is 11.9 Å². The van der Waals surface area contributed by atoms with Gasteiger partial charge in [-0.2, -0.15) is 0 Å². The van der Waals surface area contributed by atoms with Crippen LogP contribution in [0.25, 0.3) is 0 Å². The molecule has 1 fully saturated rings. The number of piperazine rings is 1. The zero-order valence-corrected chi connectivity index (χ0v) is 18.6. The first-order valence-corrected chi connectivity index (χ1v) is 11.3.